The van der Waals surface area contributed by atoms with Gasteiger partial charge in [0.25, 0.3) is 0 Å². The molecular weight excluding hydrogens is 380 g/mol. The van der Waals surface area contributed by atoms with E-state index >= 15 is 0 Å². The molecule has 9 heteroatoms. The van der Waals surface area contributed by atoms with Crippen molar-refractivity contribution < 1.29 is 10.2 Å². The summed E-state index contributed by atoms with van der Waals surface area (Å²) in [5, 5.41) is 26.9. The number of halogens is 1. The number of fused-ring (bicyclic) bond motifs is 1. The fourth-order valence-corrected chi connectivity index (χ4v) is 2.78. The van der Waals surface area contributed by atoms with Gasteiger partial charge in [-0.3, -0.25) is 0 Å². The number of benzene rings is 1. The second-order valence-corrected chi connectivity index (χ2v) is 7.87. The van der Waals surface area contributed by atoms with Gasteiger partial charge in [-0.25, -0.2) is 4.98 Å². The molecule has 0 bridgehead atoms. The van der Waals surface area contributed by atoms with Crippen molar-refractivity contribution in [2.24, 2.45) is 13.0 Å². The van der Waals surface area contributed by atoms with Gasteiger partial charge in [-0.1, -0.05) is 30.7 Å². The predicted octanol–water partition coefficient (Wildman–Crippen LogP) is 3.15. The van der Waals surface area contributed by atoms with Gasteiger partial charge in [-0.2, -0.15) is 9.97 Å². The Morgan fingerprint density at radius 2 is 2.00 bits per heavy atom. The molecule has 4 N–H and O–H groups in total. The molecule has 8 nitrogen and oxygen atoms in total. The van der Waals surface area contributed by atoms with Crippen molar-refractivity contribution in [2.45, 2.75) is 32.9 Å². The van der Waals surface area contributed by atoms with Gasteiger partial charge in [-0.05, 0) is 19.9 Å². The predicted molar refractivity (Wildman–Crippen MR) is 111 cm³/mol. The van der Waals surface area contributed by atoms with Crippen molar-refractivity contribution in [2.75, 3.05) is 17.2 Å². The first-order valence-corrected chi connectivity index (χ1v) is 9.40. The third-order valence-corrected chi connectivity index (χ3v) is 5.15. The fraction of sp³-hybridized carbons (Fsp3) is 0.421. The molecule has 0 aliphatic carbocycles. The van der Waals surface area contributed by atoms with E-state index in [1.54, 1.807) is 38.4 Å². The summed E-state index contributed by atoms with van der Waals surface area (Å²) in [6.45, 7) is 6.34. The van der Waals surface area contributed by atoms with Crippen molar-refractivity contribution in [3.05, 3.63) is 35.1 Å². The van der Waals surface area contributed by atoms with Gasteiger partial charge < -0.3 is 25.4 Å². The van der Waals surface area contributed by atoms with Crippen LogP contribution in [0, 0.1) is 5.92 Å². The number of para-hydroxylation sites is 1. The average Bonchev–Trinajstić information content (AvgIpc) is 3.01. The van der Waals surface area contributed by atoms with E-state index in [-0.39, 0.29) is 11.7 Å². The first-order valence-electron chi connectivity index (χ1n) is 9.02. The molecule has 3 rings (SSSR count). The van der Waals surface area contributed by atoms with Crippen LogP contribution in [0.3, 0.4) is 0 Å². The number of hydrogen-bond acceptors (Lipinski definition) is 7. The number of aromatic hydroxyl groups is 1. The Hall–Kier alpha value is -2.58. The first kappa shape index (κ1) is 20.2. The van der Waals surface area contributed by atoms with Crippen molar-refractivity contribution in [1.82, 2.24) is 19.5 Å². The number of anilines is 2. The minimum Gasteiger partial charge on any atom is -0.506 e. The van der Waals surface area contributed by atoms with Crippen LogP contribution in [-0.2, 0) is 13.6 Å². The molecular formula is C19H25ClN6O2. The zero-order valence-electron chi connectivity index (χ0n) is 16.4. The van der Waals surface area contributed by atoms with E-state index in [1.807, 2.05) is 18.5 Å². The molecule has 0 saturated carbocycles. The lowest BCUT2D eigenvalue weighted by Gasteiger charge is -2.25. The topological polar surface area (TPSA) is 108 Å². The SMILES string of the molecule is CC(CNc1nc(NCc2cccc(Cl)c2O)c2ncn(C)c2n1)C(C)(C)O. The summed E-state index contributed by atoms with van der Waals surface area (Å²) < 4.78 is 1.81. The summed E-state index contributed by atoms with van der Waals surface area (Å²) in [7, 11) is 1.86. The van der Waals surface area contributed by atoms with Gasteiger partial charge in [0.15, 0.2) is 17.0 Å². The highest BCUT2D eigenvalue weighted by atomic mass is 35.5. The number of imidazole rings is 1. The zero-order valence-corrected chi connectivity index (χ0v) is 17.1. The Kier molecular flexibility index (Phi) is 5.62. The van der Waals surface area contributed by atoms with Crippen LogP contribution in [0.2, 0.25) is 5.02 Å². The number of aliphatic hydroxyl groups is 1. The molecule has 2 heterocycles. The smallest absolute Gasteiger partial charge is 0.226 e. The zero-order chi connectivity index (χ0) is 20.5. The van der Waals surface area contributed by atoms with Crippen LogP contribution in [0.1, 0.15) is 26.3 Å². The molecule has 150 valence electrons. The van der Waals surface area contributed by atoms with Crippen LogP contribution < -0.4 is 10.6 Å². The van der Waals surface area contributed by atoms with Crippen molar-refractivity contribution in [3.63, 3.8) is 0 Å². The van der Waals surface area contributed by atoms with E-state index in [0.29, 0.717) is 46.6 Å². The summed E-state index contributed by atoms with van der Waals surface area (Å²) in [4.78, 5) is 13.4. The highest BCUT2D eigenvalue weighted by Crippen LogP contribution is 2.28. The normalized spacial score (nSPS) is 12.9. The molecule has 0 aliphatic rings. The van der Waals surface area contributed by atoms with E-state index in [2.05, 4.69) is 25.6 Å². The van der Waals surface area contributed by atoms with Gasteiger partial charge in [0.05, 0.1) is 17.0 Å². The van der Waals surface area contributed by atoms with E-state index in [0.717, 1.165) is 0 Å². The highest BCUT2D eigenvalue weighted by Gasteiger charge is 2.22. The lowest BCUT2D eigenvalue weighted by atomic mass is 9.93. The average molecular weight is 405 g/mol. The molecule has 0 spiro atoms. The van der Waals surface area contributed by atoms with Gasteiger partial charge in [-0.15, -0.1) is 0 Å². The molecule has 3 aromatic rings. The Morgan fingerprint density at radius 1 is 1.25 bits per heavy atom. The first-order chi connectivity index (χ1) is 13.2. The summed E-state index contributed by atoms with van der Waals surface area (Å²) in [5.41, 5.74) is 1.14. The van der Waals surface area contributed by atoms with Crippen molar-refractivity contribution in [3.8, 4) is 5.75 Å². The Balaban J connectivity index is 1.85. The Bertz CT molecular complexity index is 982. The quantitative estimate of drug-likeness (QED) is 0.479. The summed E-state index contributed by atoms with van der Waals surface area (Å²) in [5.74, 6) is 1.02. The molecule has 0 aliphatic heterocycles. The monoisotopic (exact) mass is 404 g/mol. The number of rotatable bonds is 7. The second-order valence-electron chi connectivity index (χ2n) is 7.46. The van der Waals surface area contributed by atoms with Crippen LogP contribution in [0.25, 0.3) is 11.2 Å². The van der Waals surface area contributed by atoms with Crippen LogP contribution in [0.4, 0.5) is 11.8 Å². The number of aromatic nitrogens is 4. The van der Waals surface area contributed by atoms with Crippen LogP contribution in [-0.4, -0.2) is 41.9 Å². The van der Waals surface area contributed by atoms with Gasteiger partial charge in [0, 0.05) is 31.6 Å². The van der Waals surface area contributed by atoms with Crippen LogP contribution in [0.15, 0.2) is 24.5 Å². The molecule has 2 aromatic heterocycles. The maximum atomic E-state index is 10.1. The second kappa shape index (κ2) is 7.81. The molecule has 1 unspecified atom stereocenters. The van der Waals surface area contributed by atoms with Crippen LogP contribution >= 0.6 is 11.6 Å². The third kappa shape index (κ3) is 4.28. The maximum absolute atomic E-state index is 10.1. The molecule has 0 amide bonds. The molecule has 0 fully saturated rings. The minimum atomic E-state index is -0.811. The number of hydrogen-bond donors (Lipinski definition) is 4. The molecule has 1 aromatic carbocycles. The Morgan fingerprint density at radius 3 is 2.71 bits per heavy atom. The number of nitrogens with zero attached hydrogens (tertiary/aromatic N) is 4. The van der Waals surface area contributed by atoms with Gasteiger partial charge in [0.2, 0.25) is 5.95 Å². The van der Waals surface area contributed by atoms with Crippen molar-refractivity contribution in [1.29, 1.82) is 0 Å². The summed E-state index contributed by atoms with van der Waals surface area (Å²) in [6, 6.07) is 5.20. The molecule has 1 atom stereocenters. The van der Waals surface area contributed by atoms with E-state index in [4.69, 9.17) is 11.6 Å². The number of phenolic OH excluding ortho intramolecular Hbond substituents is 1. The fourth-order valence-electron chi connectivity index (χ4n) is 2.58. The molecule has 0 radical (unpaired) electrons. The summed E-state index contributed by atoms with van der Waals surface area (Å²) >= 11 is 5.98. The van der Waals surface area contributed by atoms with Gasteiger partial charge >= 0.3 is 0 Å². The number of phenols is 1. The third-order valence-electron chi connectivity index (χ3n) is 4.85. The lowest BCUT2D eigenvalue weighted by Crippen LogP contribution is -2.33. The molecule has 28 heavy (non-hydrogen) atoms. The van der Waals surface area contributed by atoms with Gasteiger partial charge in [0.1, 0.15) is 5.75 Å². The lowest BCUT2D eigenvalue weighted by molar-refractivity contribution is 0.0303. The maximum Gasteiger partial charge on any atom is 0.226 e. The minimum absolute atomic E-state index is 0.00171. The molecule has 0 saturated heterocycles. The number of aryl methyl sites for hydroxylation is 1. The van der Waals surface area contributed by atoms with Crippen molar-refractivity contribution >= 4 is 34.5 Å². The summed E-state index contributed by atoms with van der Waals surface area (Å²) in [6.07, 6.45) is 1.67. The highest BCUT2D eigenvalue weighted by molar-refractivity contribution is 6.32. The standard InChI is InChI=1S/C19H25ClN6O2/c1-11(19(2,3)28)8-22-18-24-16(14-17(25-18)26(4)10-23-14)21-9-12-6-5-7-13(20)15(12)27/h5-7,10-11,27-28H,8-9H2,1-4H3,(H2,21,22,24,25). The van der Waals surface area contributed by atoms with E-state index < -0.39 is 5.60 Å². The largest absolute Gasteiger partial charge is 0.506 e. The van der Waals surface area contributed by atoms with E-state index in [1.165, 1.54) is 0 Å². The van der Waals surface area contributed by atoms with Crippen LogP contribution in [0.5, 0.6) is 5.75 Å². The van der Waals surface area contributed by atoms with E-state index in [9.17, 15) is 10.2 Å². The number of nitrogens with one attached hydrogen (secondary N) is 2. The Labute approximate surface area is 168 Å².